The molecule has 3 nitrogen and oxygen atoms in total. The van der Waals surface area contributed by atoms with Crippen molar-refractivity contribution in [2.45, 2.75) is 45.1 Å². The maximum atomic E-state index is 5.90. The molecule has 0 unspecified atom stereocenters. The third-order valence-electron chi connectivity index (χ3n) is 4.75. The summed E-state index contributed by atoms with van der Waals surface area (Å²) in [5, 5.41) is 0. The molecule has 0 N–H and O–H groups in total. The van der Waals surface area contributed by atoms with Crippen molar-refractivity contribution in [1.29, 1.82) is 0 Å². The maximum Gasteiger partial charge on any atom is 0.119 e. The third kappa shape index (κ3) is 3.16. The Kier molecular flexibility index (Phi) is 4.24. The van der Waals surface area contributed by atoms with Gasteiger partial charge in [0.1, 0.15) is 11.6 Å². The van der Waals surface area contributed by atoms with Crippen LogP contribution in [-0.4, -0.2) is 16.2 Å². The minimum atomic E-state index is 0.667. The van der Waals surface area contributed by atoms with Crippen LogP contribution < -0.4 is 4.74 Å². The molecular weight excluding hydrogens is 296 g/mol. The molecule has 1 aliphatic rings. The van der Waals surface area contributed by atoms with E-state index in [-0.39, 0.29) is 0 Å². The number of para-hydroxylation sites is 2. The predicted molar refractivity (Wildman–Crippen MR) is 97.6 cm³/mol. The van der Waals surface area contributed by atoms with Gasteiger partial charge in [-0.15, -0.1) is 0 Å². The van der Waals surface area contributed by atoms with E-state index in [1.165, 1.54) is 29.7 Å². The van der Waals surface area contributed by atoms with Crippen molar-refractivity contribution in [1.82, 2.24) is 9.55 Å². The first-order chi connectivity index (χ1) is 11.8. The minimum absolute atomic E-state index is 0.667. The number of hydrogen-bond acceptors (Lipinski definition) is 2. The number of ether oxygens (including phenoxy) is 1. The van der Waals surface area contributed by atoms with Gasteiger partial charge in [-0.3, -0.25) is 0 Å². The van der Waals surface area contributed by atoms with Crippen LogP contribution in [0, 0.1) is 0 Å². The average Bonchev–Trinajstić information content (AvgIpc) is 3.41. The molecule has 2 aromatic carbocycles. The van der Waals surface area contributed by atoms with E-state index < -0.39 is 0 Å². The van der Waals surface area contributed by atoms with Crippen LogP contribution in [-0.2, 0) is 13.0 Å². The Balaban J connectivity index is 1.40. The molecule has 0 radical (unpaired) electrons. The number of fused-ring (bicyclic) bond motifs is 1. The fraction of sp³-hybridized carbons (Fsp3) is 0.381. The van der Waals surface area contributed by atoms with Gasteiger partial charge in [-0.25, -0.2) is 4.98 Å². The molecule has 3 heteroatoms. The lowest BCUT2D eigenvalue weighted by atomic mass is 10.2. The van der Waals surface area contributed by atoms with Gasteiger partial charge < -0.3 is 9.30 Å². The zero-order chi connectivity index (χ0) is 16.4. The Morgan fingerprint density at radius 1 is 1.08 bits per heavy atom. The molecule has 0 aliphatic heterocycles. The molecule has 1 heterocycles. The second kappa shape index (κ2) is 6.68. The summed E-state index contributed by atoms with van der Waals surface area (Å²) in [7, 11) is 0. The van der Waals surface area contributed by atoms with E-state index in [0.717, 1.165) is 37.3 Å². The summed E-state index contributed by atoms with van der Waals surface area (Å²) in [6.45, 7) is 3.88. The van der Waals surface area contributed by atoms with E-state index in [1.54, 1.807) is 0 Å². The lowest BCUT2D eigenvalue weighted by molar-refractivity contribution is 0.301. The molecule has 0 bridgehead atoms. The molecule has 1 fully saturated rings. The van der Waals surface area contributed by atoms with Crippen LogP contribution in [0.4, 0.5) is 0 Å². The fourth-order valence-corrected chi connectivity index (χ4v) is 3.22. The highest BCUT2D eigenvalue weighted by Gasteiger charge is 2.29. The number of imidazole rings is 1. The van der Waals surface area contributed by atoms with Gasteiger partial charge in [-0.1, -0.05) is 31.2 Å². The van der Waals surface area contributed by atoms with Gasteiger partial charge in [0.15, 0.2) is 0 Å². The normalized spacial score (nSPS) is 14.2. The molecule has 124 valence electrons. The van der Waals surface area contributed by atoms with Crippen molar-refractivity contribution in [3.8, 4) is 5.75 Å². The Labute approximate surface area is 143 Å². The zero-order valence-electron chi connectivity index (χ0n) is 14.2. The predicted octanol–water partition coefficient (Wildman–Crippen LogP) is 4.95. The van der Waals surface area contributed by atoms with Crippen LogP contribution in [0.25, 0.3) is 11.0 Å². The van der Waals surface area contributed by atoms with Crippen LogP contribution >= 0.6 is 0 Å². The summed E-state index contributed by atoms with van der Waals surface area (Å²) in [5.74, 6) is 2.90. The topological polar surface area (TPSA) is 27.1 Å². The summed E-state index contributed by atoms with van der Waals surface area (Å²) >= 11 is 0. The van der Waals surface area contributed by atoms with E-state index >= 15 is 0 Å². The van der Waals surface area contributed by atoms with Crippen molar-refractivity contribution >= 4 is 11.0 Å². The quantitative estimate of drug-likeness (QED) is 0.576. The summed E-state index contributed by atoms with van der Waals surface area (Å²) in [6.07, 6.45) is 4.63. The van der Waals surface area contributed by atoms with Gasteiger partial charge in [0.05, 0.1) is 17.6 Å². The van der Waals surface area contributed by atoms with E-state index in [1.807, 2.05) is 0 Å². The first kappa shape index (κ1) is 15.3. The highest BCUT2D eigenvalue weighted by molar-refractivity contribution is 5.76. The Morgan fingerprint density at radius 2 is 1.88 bits per heavy atom. The van der Waals surface area contributed by atoms with Crippen LogP contribution in [0.15, 0.2) is 48.5 Å². The van der Waals surface area contributed by atoms with Crippen molar-refractivity contribution in [2.75, 3.05) is 6.61 Å². The number of aryl methyl sites for hydroxylation is 2. The standard InChI is InChI=1S/C21H24N2O/c1-2-16-8-12-18(13-9-16)24-15-5-14-23-20-7-4-3-6-19(20)22-21(23)17-10-11-17/h3-4,6-9,12-13,17H,2,5,10-11,14-15H2,1H3. The maximum absolute atomic E-state index is 5.90. The highest BCUT2D eigenvalue weighted by atomic mass is 16.5. The summed E-state index contributed by atoms with van der Waals surface area (Å²) in [4.78, 5) is 4.85. The minimum Gasteiger partial charge on any atom is -0.494 e. The molecule has 1 aliphatic carbocycles. The Bertz CT molecular complexity index is 815. The Hall–Kier alpha value is -2.29. The van der Waals surface area contributed by atoms with Gasteiger partial charge in [0, 0.05) is 12.5 Å². The summed E-state index contributed by atoms with van der Waals surface area (Å²) < 4.78 is 8.30. The van der Waals surface area contributed by atoms with Gasteiger partial charge in [-0.2, -0.15) is 0 Å². The Morgan fingerprint density at radius 3 is 2.62 bits per heavy atom. The molecule has 4 rings (SSSR count). The third-order valence-corrected chi connectivity index (χ3v) is 4.75. The SMILES string of the molecule is CCc1ccc(OCCCn2c(C3CC3)nc3ccccc32)cc1. The van der Waals surface area contributed by atoms with E-state index in [0.29, 0.717) is 5.92 Å². The molecule has 0 atom stereocenters. The molecule has 1 saturated carbocycles. The highest BCUT2D eigenvalue weighted by Crippen LogP contribution is 2.40. The van der Waals surface area contributed by atoms with Gasteiger partial charge in [0.2, 0.25) is 0 Å². The van der Waals surface area contributed by atoms with Crippen LogP contribution in [0.5, 0.6) is 5.75 Å². The van der Waals surface area contributed by atoms with Gasteiger partial charge in [-0.05, 0) is 55.5 Å². The average molecular weight is 320 g/mol. The van der Waals surface area contributed by atoms with Gasteiger partial charge >= 0.3 is 0 Å². The number of rotatable bonds is 7. The van der Waals surface area contributed by atoms with E-state index in [9.17, 15) is 0 Å². The van der Waals surface area contributed by atoms with Crippen LogP contribution in [0.3, 0.4) is 0 Å². The molecule has 3 aromatic rings. The number of benzene rings is 2. The largest absolute Gasteiger partial charge is 0.494 e. The second-order valence-electron chi connectivity index (χ2n) is 6.58. The second-order valence-corrected chi connectivity index (χ2v) is 6.58. The van der Waals surface area contributed by atoms with Crippen LogP contribution in [0.2, 0.25) is 0 Å². The first-order valence-corrected chi connectivity index (χ1v) is 9.02. The lowest BCUT2D eigenvalue weighted by Crippen LogP contribution is -2.07. The van der Waals surface area contributed by atoms with Crippen molar-refractivity contribution in [2.24, 2.45) is 0 Å². The molecule has 0 saturated heterocycles. The summed E-state index contributed by atoms with van der Waals surface area (Å²) in [6, 6.07) is 16.9. The van der Waals surface area contributed by atoms with Crippen molar-refractivity contribution in [3.63, 3.8) is 0 Å². The first-order valence-electron chi connectivity index (χ1n) is 9.02. The number of nitrogens with zero attached hydrogens (tertiary/aromatic N) is 2. The molecule has 0 amide bonds. The summed E-state index contributed by atoms with van der Waals surface area (Å²) in [5.41, 5.74) is 3.73. The lowest BCUT2D eigenvalue weighted by Gasteiger charge is -2.10. The fourth-order valence-electron chi connectivity index (χ4n) is 3.22. The van der Waals surface area contributed by atoms with E-state index in [2.05, 4.69) is 60.0 Å². The number of hydrogen-bond donors (Lipinski definition) is 0. The monoisotopic (exact) mass is 320 g/mol. The van der Waals surface area contributed by atoms with Crippen molar-refractivity contribution < 1.29 is 4.74 Å². The zero-order valence-corrected chi connectivity index (χ0v) is 14.2. The molecular formula is C21H24N2O. The van der Waals surface area contributed by atoms with Crippen molar-refractivity contribution in [3.05, 3.63) is 59.9 Å². The van der Waals surface area contributed by atoms with Crippen LogP contribution in [0.1, 0.15) is 43.5 Å². The molecule has 0 spiro atoms. The molecule has 24 heavy (non-hydrogen) atoms. The van der Waals surface area contributed by atoms with E-state index in [4.69, 9.17) is 9.72 Å². The van der Waals surface area contributed by atoms with Gasteiger partial charge in [0.25, 0.3) is 0 Å². The number of aromatic nitrogens is 2. The smallest absolute Gasteiger partial charge is 0.119 e. The molecule has 1 aromatic heterocycles.